The molecule has 4 heteroatoms. The van der Waals surface area contributed by atoms with Crippen molar-refractivity contribution in [3.63, 3.8) is 0 Å². The van der Waals surface area contributed by atoms with E-state index in [1.807, 2.05) is 39.0 Å². The third kappa shape index (κ3) is 4.31. The summed E-state index contributed by atoms with van der Waals surface area (Å²) in [5.41, 5.74) is 8.10. The van der Waals surface area contributed by atoms with Crippen molar-refractivity contribution in [1.29, 1.82) is 0 Å². The highest BCUT2D eigenvalue weighted by molar-refractivity contribution is 5.89. The van der Waals surface area contributed by atoms with E-state index < -0.39 is 0 Å². The first-order valence-electron chi connectivity index (χ1n) is 6.47. The zero-order valence-electron chi connectivity index (χ0n) is 11.8. The molecule has 2 amide bonds. The van der Waals surface area contributed by atoms with Crippen molar-refractivity contribution in [1.82, 2.24) is 4.90 Å². The lowest BCUT2D eigenvalue weighted by atomic mass is 10.1. The number of carbonyl (C=O) groups excluding carboxylic acids is 1. The normalized spacial score (nSPS) is 9.47. The summed E-state index contributed by atoms with van der Waals surface area (Å²) < 4.78 is 0. The molecular weight excluding hydrogens is 238 g/mol. The molecule has 0 aliphatic carbocycles. The maximum Gasteiger partial charge on any atom is 0.321 e. The number of hydrogen-bond acceptors (Lipinski definition) is 2. The standard InChI is InChI=1S/C15H21N3O/c1-4-18(5-2)15(19)17-14-9-8-13(7-6-10-16)12(3)11-14/h8-9,11H,4-5,10,16H2,1-3H3,(H,17,19). The topological polar surface area (TPSA) is 58.4 Å². The maximum absolute atomic E-state index is 11.9. The fraction of sp³-hybridized carbons (Fsp3) is 0.400. The summed E-state index contributed by atoms with van der Waals surface area (Å²) in [6, 6.07) is 5.59. The molecule has 0 bridgehead atoms. The number of hydrogen-bond donors (Lipinski definition) is 2. The molecule has 0 saturated carbocycles. The van der Waals surface area contributed by atoms with Gasteiger partial charge in [0, 0.05) is 24.3 Å². The Hall–Kier alpha value is -1.99. The van der Waals surface area contributed by atoms with Crippen molar-refractivity contribution >= 4 is 11.7 Å². The predicted molar refractivity (Wildman–Crippen MR) is 79.1 cm³/mol. The summed E-state index contributed by atoms with van der Waals surface area (Å²) in [7, 11) is 0. The van der Waals surface area contributed by atoms with Gasteiger partial charge in [0.1, 0.15) is 0 Å². The quantitative estimate of drug-likeness (QED) is 0.817. The van der Waals surface area contributed by atoms with Gasteiger partial charge in [0.2, 0.25) is 0 Å². The lowest BCUT2D eigenvalue weighted by Gasteiger charge is -2.19. The molecule has 0 radical (unpaired) electrons. The Morgan fingerprint density at radius 1 is 1.37 bits per heavy atom. The van der Waals surface area contributed by atoms with Crippen LogP contribution >= 0.6 is 0 Å². The summed E-state index contributed by atoms with van der Waals surface area (Å²) in [6.45, 7) is 7.62. The molecule has 102 valence electrons. The van der Waals surface area contributed by atoms with Crippen LogP contribution in [0.25, 0.3) is 0 Å². The second-order valence-corrected chi connectivity index (χ2v) is 4.14. The summed E-state index contributed by atoms with van der Waals surface area (Å²) in [6.07, 6.45) is 0. The average Bonchev–Trinajstić information content (AvgIpc) is 2.39. The van der Waals surface area contributed by atoms with Crippen LogP contribution in [0.5, 0.6) is 0 Å². The van der Waals surface area contributed by atoms with Gasteiger partial charge in [-0.15, -0.1) is 0 Å². The molecule has 0 aliphatic rings. The van der Waals surface area contributed by atoms with Gasteiger partial charge in [-0.3, -0.25) is 0 Å². The van der Waals surface area contributed by atoms with Crippen molar-refractivity contribution in [2.75, 3.05) is 25.0 Å². The first kappa shape index (κ1) is 15.1. The summed E-state index contributed by atoms with van der Waals surface area (Å²) in [5, 5.41) is 2.88. The van der Waals surface area contributed by atoms with Crippen LogP contribution in [0.3, 0.4) is 0 Å². The van der Waals surface area contributed by atoms with E-state index in [1.165, 1.54) is 0 Å². The van der Waals surface area contributed by atoms with Crippen LogP contribution in [0.1, 0.15) is 25.0 Å². The Balaban J connectivity index is 2.81. The highest BCUT2D eigenvalue weighted by Gasteiger charge is 2.09. The Kier molecular flexibility index (Phi) is 5.91. The van der Waals surface area contributed by atoms with E-state index in [4.69, 9.17) is 5.73 Å². The summed E-state index contributed by atoms with van der Waals surface area (Å²) >= 11 is 0. The zero-order chi connectivity index (χ0) is 14.3. The molecule has 0 atom stereocenters. The molecule has 19 heavy (non-hydrogen) atoms. The van der Waals surface area contributed by atoms with Crippen LogP contribution in [0.2, 0.25) is 0 Å². The van der Waals surface area contributed by atoms with Crippen LogP contribution in [0.15, 0.2) is 18.2 Å². The number of nitrogens with one attached hydrogen (secondary N) is 1. The first-order valence-corrected chi connectivity index (χ1v) is 6.47. The van der Waals surface area contributed by atoms with Gasteiger partial charge in [0.15, 0.2) is 0 Å². The second-order valence-electron chi connectivity index (χ2n) is 4.14. The van der Waals surface area contributed by atoms with Gasteiger partial charge in [-0.1, -0.05) is 11.8 Å². The van der Waals surface area contributed by atoms with Gasteiger partial charge >= 0.3 is 6.03 Å². The zero-order valence-corrected chi connectivity index (χ0v) is 11.8. The van der Waals surface area contributed by atoms with Crippen LogP contribution in [-0.2, 0) is 0 Å². The third-order valence-corrected chi connectivity index (χ3v) is 2.85. The summed E-state index contributed by atoms with van der Waals surface area (Å²) in [5.74, 6) is 5.82. The highest BCUT2D eigenvalue weighted by atomic mass is 16.2. The highest BCUT2D eigenvalue weighted by Crippen LogP contribution is 2.15. The van der Waals surface area contributed by atoms with E-state index in [9.17, 15) is 4.79 Å². The number of nitrogens with two attached hydrogens (primary N) is 1. The summed E-state index contributed by atoms with van der Waals surface area (Å²) in [4.78, 5) is 13.6. The van der Waals surface area contributed by atoms with Gasteiger partial charge in [0.05, 0.1) is 6.54 Å². The number of aryl methyl sites for hydroxylation is 1. The monoisotopic (exact) mass is 259 g/mol. The SMILES string of the molecule is CCN(CC)C(=O)Nc1ccc(C#CCN)c(C)c1. The van der Waals surface area contributed by atoms with Crippen LogP contribution < -0.4 is 11.1 Å². The first-order chi connectivity index (χ1) is 9.12. The van der Waals surface area contributed by atoms with Gasteiger partial charge < -0.3 is 16.0 Å². The van der Waals surface area contributed by atoms with E-state index in [2.05, 4.69) is 17.2 Å². The van der Waals surface area contributed by atoms with Crippen LogP contribution in [0.4, 0.5) is 10.5 Å². The molecule has 0 saturated heterocycles. The van der Waals surface area contributed by atoms with Crippen molar-refractivity contribution < 1.29 is 4.79 Å². The Morgan fingerprint density at radius 2 is 2.05 bits per heavy atom. The predicted octanol–water partition coefficient (Wildman–Crippen LogP) is 2.18. The number of nitrogens with zero attached hydrogens (tertiary/aromatic N) is 1. The van der Waals surface area contributed by atoms with Gasteiger partial charge in [-0.05, 0) is 44.5 Å². The molecule has 0 aliphatic heterocycles. The molecular formula is C15H21N3O. The second kappa shape index (κ2) is 7.45. The number of amides is 2. The minimum atomic E-state index is -0.0785. The van der Waals surface area contributed by atoms with Crippen molar-refractivity contribution in [3.8, 4) is 11.8 Å². The Morgan fingerprint density at radius 3 is 2.58 bits per heavy atom. The van der Waals surface area contributed by atoms with Crippen molar-refractivity contribution in [3.05, 3.63) is 29.3 Å². The van der Waals surface area contributed by atoms with Crippen molar-refractivity contribution in [2.24, 2.45) is 5.73 Å². The smallest absolute Gasteiger partial charge is 0.321 e. The maximum atomic E-state index is 11.9. The molecule has 4 nitrogen and oxygen atoms in total. The van der Waals surface area contributed by atoms with Gasteiger partial charge in [-0.25, -0.2) is 4.79 Å². The fourth-order valence-corrected chi connectivity index (χ4v) is 1.74. The molecule has 0 unspecified atom stereocenters. The largest absolute Gasteiger partial charge is 0.325 e. The number of benzene rings is 1. The molecule has 1 rings (SSSR count). The lowest BCUT2D eigenvalue weighted by molar-refractivity contribution is 0.217. The molecule has 0 aromatic heterocycles. The van der Waals surface area contributed by atoms with E-state index in [0.29, 0.717) is 19.6 Å². The Labute approximate surface area is 115 Å². The molecule has 1 aromatic rings. The van der Waals surface area contributed by atoms with Crippen molar-refractivity contribution in [2.45, 2.75) is 20.8 Å². The van der Waals surface area contributed by atoms with Gasteiger partial charge in [-0.2, -0.15) is 0 Å². The van der Waals surface area contributed by atoms with E-state index in [0.717, 1.165) is 16.8 Å². The number of urea groups is 1. The molecule has 1 aromatic carbocycles. The van der Waals surface area contributed by atoms with Crippen LogP contribution in [-0.4, -0.2) is 30.6 Å². The lowest BCUT2D eigenvalue weighted by Crippen LogP contribution is -2.34. The fourth-order valence-electron chi connectivity index (χ4n) is 1.74. The van der Waals surface area contributed by atoms with E-state index >= 15 is 0 Å². The number of carbonyl (C=O) groups is 1. The van der Waals surface area contributed by atoms with E-state index in [-0.39, 0.29) is 6.03 Å². The average molecular weight is 259 g/mol. The molecule has 0 heterocycles. The molecule has 0 spiro atoms. The minimum absolute atomic E-state index is 0.0785. The third-order valence-electron chi connectivity index (χ3n) is 2.85. The van der Waals surface area contributed by atoms with Crippen LogP contribution in [0, 0.1) is 18.8 Å². The Bertz CT molecular complexity index is 496. The molecule has 3 N–H and O–H groups in total. The minimum Gasteiger partial charge on any atom is -0.325 e. The number of rotatable bonds is 3. The van der Waals surface area contributed by atoms with Gasteiger partial charge in [0.25, 0.3) is 0 Å². The number of anilines is 1. The van der Waals surface area contributed by atoms with E-state index in [1.54, 1.807) is 4.90 Å². The molecule has 0 fully saturated rings.